The summed E-state index contributed by atoms with van der Waals surface area (Å²) in [6.07, 6.45) is 0. The number of hydrogen-bond donors (Lipinski definition) is 2. The van der Waals surface area contributed by atoms with Gasteiger partial charge >= 0.3 is 0 Å². The maximum atomic E-state index is 9.78. The Bertz CT molecular complexity index is 318. The number of benzene rings is 1. The van der Waals surface area contributed by atoms with Crippen LogP contribution in [0.5, 0.6) is 5.75 Å². The monoisotopic (exact) mass is 243 g/mol. The standard InChI is InChI=1S/C10H14BrNO/c1-5-6(2)10(13)8(4-12)7(3)9(5)11/h13H,4,12H2,1-3H3. The van der Waals surface area contributed by atoms with Crippen LogP contribution in [0.2, 0.25) is 0 Å². The van der Waals surface area contributed by atoms with Crippen molar-refractivity contribution in [3.05, 3.63) is 26.7 Å². The highest BCUT2D eigenvalue weighted by Crippen LogP contribution is 2.34. The molecule has 0 aliphatic heterocycles. The number of phenolic OH excluding ortho intramolecular Hbond substituents is 1. The molecule has 2 nitrogen and oxygen atoms in total. The third kappa shape index (κ3) is 1.58. The van der Waals surface area contributed by atoms with E-state index in [0.29, 0.717) is 12.3 Å². The summed E-state index contributed by atoms with van der Waals surface area (Å²) in [4.78, 5) is 0. The van der Waals surface area contributed by atoms with Gasteiger partial charge in [0.15, 0.2) is 0 Å². The highest BCUT2D eigenvalue weighted by molar-refractivity contribution is 9.10. The highest BCUT2D eigenvalue weighted by atomic mass is 79.9. The minimum atomic E-state index is 0.334. The van der Waals surface area contributed by atoms with E-state index in [1.54, 1.807) is 0 Å². The van der Waals surface area contributed by atoms with Gasteiger partial charge in [-0.15, -0.1) is 0 Å². The molecule has 0 fully saturated rings. The SMILES string of the molecule is Cc1c(C)c(Br)c(C)c(CN)c1O. The lowest BCUT2D eigenvalue weighted by Gasteiger charge is -2.14. The lowest BCUT2D eigenvalue weighted by atomic mass is 9.99. The van der Waals surface area contributed by atoms with Gasteiger partial charge in [0.2, 0.25) is 0 Å². The molecular weight excluding hydrogens is 230 g/mol. The van der Waals surface area contributed by atoms with Gasteiger partial charge in [0.05, 0.1) is 0 Å². The molecule has 0 amide bonds. The molecule has 1 rings (SSSR count). The van der Waals surface area contributed by atoms with E-state index >= 15 is 0 Å². The average Bonchev–Trinajstić information content (AvgIpc) is 2.13. The summed E-state index contributed by atoms with van der Waals surface area (Å²) in [6.45, 7) is 6.20. The molecule has 0 saturated carbocycles. The van der Waals surface area contributed by atoms with Crippen LogP contribution < -0.4 is 5.73 Å². The zero-order chi connectivity index (χ0) is 10.2. The van der Waals surface area contributed by atoms with Crippen molar-refractivity contribution in [3.8, 4) is 5.75 Å². The third-order valence-corrected chi connectivity index (χ3v) is 3.71. The normalized spacial score (nSPS) is 10.5. The van der Waals surface area contributed by atoms with Gasteiger partial charge < -0.3 is 10.8 Å². The summed E-state index contributed by atoms with van der Waals surface area (Å²) in [5, 5.41) is 9.78. The molecule has 13 heavy (non-hydrogen) atoms. The van der Waals surface area contributed by atoms with E-state index in [1.165, 1.54) is 0 Å². The van der Waals surface area contributed by atoms with Crippen molar-refractivity contribution in [3.63, 3.8) is 0 Å². The van der Waals surface area contributed by atoms with E-state index in [-0.39, 0.29) is 0 Å². The Morgan fingerprint density at radius 3 is 2.15 bits per heavy atom. The second-order valence-electron chi connectivity index (χ2n) is 3.22. The Labute approximate surface area is 86.9 Å². The fourth-order valence-electron chi connectivity index (χ4n) is 1.41. The molecule has 1 aromatic rings. The average molecular weight is 244 g/mol. The molecule has 0 heterocycles. The van der Waals surface area contributed by atoms with Gasteiger partial charge in [-0.25, -0.2) is 0 Å². The van der Waals surface area contributed by atoms with Crippen molar-refractivity contribution >= 4 is 15.9 Å². The lowest BCUT2D eigenvalue weighted by Crippen LogP contribution is -2.03. The minimum absolute atomic E-state index is 0.334. The van der Waals surface area contributed by atoms with Gasteiger partial charge in [-0.05, 0) is 37.5 Å². The topological polar surface area (TPSA) is 46.2 Å². The van der Waals surface area contributed by atoms with Crippen LogP contribution in [-0.4, -0.2) is 5.11 Å². The molecule has 0 aliphatic carbocycles. The molecule has 0 aromatic heterocycles. The number of halogens is 1. The summed E-state index contributed by atoms with van der Waals surface area (Å²) in [6, 6.07) is 0. The molecule has 0 aliphatic rings. The number of hydrogen-bond acceptors (Lipinski definition) is 2. The Balaban J connectivity index is 3.56. The third-order valence-electron chi connectivity index (χ3n) is 2.52. The van der Waals surface area contributed by atoms with Crippen molar-refractivity contribution in [2.24, 2.45) is 5.73 Å². The molecule has 0 radical (unpaired) electrons. The molecule has 72 valence electrons. The van der Waals surface area contributed by atoms with Crippen LogP contribution in [0, 0.1) is 20.8 Å². The van der Waals surface area contributed by atoms with Crippen molar-refractivity contribution in [2.75, 3.05) is 0 Å². The Hall–Kier alpha value is -0.540. The molecule has 3 heteroatoms. The quantitative estimate of drug-likeness (QED) is 0.797. The molecule has 3 N–H and O–H groups in total. The smallest absolute Gasteiger partial charge is 0.123 e. The van der Waals surface area contributed by atoms with Crippen LogP contribution in [0.1, 0.15) is 22.3 Å². The maximum Gasteiger partial charge on any atom is 0.123 e. The maximum absolute atomic E-state index is 9.78. The zero-order valence-electron chi connectivity index (χ0n) is 8.11. The Morgan fingerprint density at radius 2 is 1.69 bits per heavy atom. The molecule has 1 aromatic carbocycles. The zero-order valence-corrected chi connectivity index (χ0v) is 9.70. The van der Waals surface area contributed by atoms with Crippen LogP contribution in [-0.2, 0) is 6.54 Å². The van der Waals surface area contributed by atoms with Crippen molar-refractivity contribution in [1.29, 1.82) is 0 Å². The Morgan fingerprint density at radius 1 is 1.15 bits per heavy atom. The van der Waals surface area contributed by atoms with Crippen molar-refractivity contribution in [1.82, 2.24) is 0 Å². The van der Waals surface area contributed by atoms with E-state index in [0.717, 1.165) is 26.7 Å². The molecule has 0 atom stereocenters. The predicted molar refractivity (Wildman–Crippen MR) is 57.9 cm³/mol. The summed E-state index contributed by atoms with van der Waals surface area (Å²) < 4.78 is 1.04. The largest absolute Gasteiger partial charge is 0.507 e. The Kier molecular flexibility index (Phi) is 2.98. The molecule has 0 unspecified atom stereocenters. The van der Waals surface area contributed by atoms with E-state index in [2.05, 4.69) is 15.9 Å². The molecule has 0 bridgehead atoms. The fourth-order valence-corrected chi connectivity index (χ4v) is 1.95. The molecule has 0 spiro atoms. The summed E-state index contributed by atoms with van der Waals surface area (Å²) in [5.41, 5.74) is 9.39. The number of aromatic hydroxyl groups is 1. The van der Waals surface area contributed by atoms with E-state index in [9.17, 15) is 5.11 Å². The van der Waals surface area contributed by atoms with Gasteiger partial charge in [0.1, 0.15) is 5.75 Å². The van der Waals surface area contributed by atoms with Crippen LogP contribution in [0.3, 0.4) is 0 Å². The van der Waals surface area contributed by atoms with Crippen LogP contribution >= 0.6 is 15.9 Å². The van der Waals surface area contributed by atoms with Gasteiger partial charge in [0.25, 0.3) is 0 Å². The lowest BCUT2D eigenvalue weighted by molar-refractivity contribution is 0.462. The molecular formula is C10H14BrNO. The first-order valence-electron chi connectivity index (χ1n) is 4.17. The number of phenols is 1. The van der Waals surface area contributed by atoms with Gasteiger partial charge in [-0.3, -0.25) is 0 Å². The number of rotatable bonds is 1. The second-order valence-corrected chi connectivity index (χ2v) is 4.01. The number of nitrogens with two attached hydrogens (primary N) is 1. The first-order valence-corrected chi connectivity index (χ1v) is 4.97. The van der Waals surface area contributed by atoms with Crippen molar-refractivity contribution < 1.29 is 5.11 Å². The minimum Gasteiger partial charge on any atom is -0.507 e. The second kappa shape index (κ2) is 3.68. The van der Waals surface area contributed by atoms with Crippen molar-refractivity contribution in [2.45, 2.75) is 27.3 Å². The van der Waals surface area contributed by atoms with Crippen LogP contribution in [0.15, 0.2) is 4.47 Å². The van der Waals surface area contributed by atoms with E-state index in [4.69, 9.17) is 5.73 Å². The first kappa shape index (κ1) is 10.5. The van der Waals surface area contributed by atoms with Gasteiger partial charge in [-0.2, -0.15) is 0 Å². The fraction of sp³-hybridized carbons (Fsp3) is 0.400. The van der Waals surface area contributed by atoms with Crippen LogP contribution in [0.4, 0.5) is 0 Å². The highest BCUT2D eigenvalue weighted by Gasteiger charge is 2.13. The summed E-state index contributed by atoms with van der Waals surface area (Å²) in [5.74, 6) is 0.334. The van der Waals surface area contributed by atoms with Crippen LogP contribution in [0.25, 0.3) is 0 Å². The summed E-state index contributed by atoms with van der Waals surface area (Å²) >= 11 is 3.49. The van der Waals surface area contributed by atoms with Gasteiger partial charge in [0, 0.05) is 16.6 Å². The predicted octanol–water partition coefficient (Wildman–Crippen LogP) is 2.54. The first-order chi connectivity index (χ1) is 6.00. The molecule has 0 saturated heterocycles. The van der Waals surface area contributed by atoms with E-state index in [1.807, 2.05) is 20.8 Å². The summed E-state index contributed by atoms with van der Waals surface area (Å²) in [7, 11) is 0. The van der Waals surface area contributed by atoms with Gasteiger partial charge in [-0.1, -0.05) is 15.9 Å². The van der Waals surface area contributed by atoms with E-state index < -0.39 is 0 Å².